The highest BCUT2D eigenvalue weighted by Gasteiger charge is 2.30. The second-order valence-corrected chi connectivity index (χ2v) is 8.16. The zero-order valence-electron chi connectivity index (χ0n) is 17.2. The molecule has 3 fully saturated rings. The summed E-state index contributed by atoms with van der Waals surface area (Å²) in [4.78, 5) is 24.4. The lowest BCUT2D eigenvalue weighted by Gasteiger charge is -2.37. The Labute approximate surface area is 164 Å². The fraction of sp³-hybridized carbons (Fsp3) is 0.900. The van der Waals surface area contributed by atoms with E-state index in [9.17, 15) is 4.79 Å². The zero-order chi connectivity index (χ0) is 19.1. The second-order valence-electron chi connectivity index (χ2n) is 8.16. The van der Waals surface area contributed by atoms with E-state index in [0.29, 0.717) is 25.0 Å². The third-order valence-corrected chi connectivity index (χ3v) is 6.02. The fourth-order valence-electron chi connectivity index (χ4n) is 4.44. The number of carbonyl (C=O) groups is 1. The van der Waals surface area contributed by atoms with Crippen molar-refractivity contribution < 1.29 is 9.53 Å². The Morgan fingerprint density at radius 1 is 1.07 bits per heavy atom. The summed E-state index contributed by atoms with van der Waals surface area (Å²) in [7, 11) is 2.21. The van der Waals surface area contributed by atoms with Crippen LogP contribution < -0.4 is 5.32 Å². The van der Waals surface area contributed by atoms with Gasteiger partial charge in [0.1, 0.15) is 0 Å². The van der Waals surface area contributed by atoms with Crippen molar-refractivity contribution in [1.82, 2.24) is 20.0 Å². The minimum atomic E-state index is 0.161. The van der Waals surface area contributed by atoms with E-state index in [2.05, 4.69) is 29.1 Å². The van der Waals surface area contributed by atoms with Crippen LogP contribution in [-0.2, 0) is 9.53 Å². The van der Waals surface area contributed by atoms with Gasteiger partial charge in [-0.3, -0.25) is 9.79 Å². The number of carbonyl (C=O) groups excluding carboxylic acids is 1. The summed E-state index contributed by atoms with van der Waals surface area (Å²) in [6, 6.07) is 0. The maximum Gasteiger partial charge on any atom is 0.225 e. The number of rotatable bonds is 4. The van der Waals surface area contributed by atoms with Gasteiger partial charge < -0.3 is 24.8 Å². The molecule has 3 rings (SSSR count). The van der Waals surface area contributed by atoms with Crippen LogP contribution in [0.15, 0.2) is 4.99 Å². The van der Waals surface area contributed by atoms with E-state index in [1.165, 1.54) is 19.4 Å². The predicted molar refractivity (Wildman–Crippen MR) is 108 cm³/mol. The number of hydrogen-bond donors (Lipinski definition) is 1. The van der Waals surface area contributed by atoms with E-state index in [-0.39, 0.29) is 5.92 Å². The lowest BCUT2D eigenvalue weighted by Crippen LogP contribution is -2.50. The third kappa shape index (κ3) is 5.82. The average molecular weight is 380 g/mol. The molecule has 0 bridgehead atoms. The standard InChI is InChI=1S/C20H37N5O2/c1-3-21-20(22-15-17-5-4-8-23(2)16-17)25-9-6-18(7-10-25)19(26)24-11-13-27-14-12-24/h17-18H,3-16H2,1-2H3,(H,21,22). The molecule has 0 spiro atoms. The van der Waals surface area contributed by atoms with Crippen LogP contribution in [0.1, 0.15) is 32.6 Å². The lowest BCUT2D eigenvalue weighted by atomic mass is 9.95. The molecule has 27 heavy (non-hydrogen) atoms. The Hall–Kier alpha value is -1.34. The smallest absolute Gasteiger partial charge is 0.225 e. The summed E-state index contributed by atoms with van der Waals surface area (Å²) >= 11 is 0. The van der Waals surface area contributed by atoms with Gasteiger partial charge >= 0.3 is 0 Å². The highest BCUT2D eigenvalue weighted by Crippen LogP contribution is 2.21. The quantitative estimate of drug-likeness (QED) is 0.580. The Morgan fingerprint density at radius 3 is 2.48 bits per heavy atom. The first-order valence-corrected chi connectivity index (χ1v) is 10.8. The van der Waals surface area contributed by atoms with Crippen LogP contribution in [0.25, 0.3) is 0 Å². The maximum absolute atomic E-state index is 12.7. The molecule has 7 heteroatoms. The van der Waals surface area contributed by atoms with Crippen LogP contribution in [0.2, 0.25) is 0 Å². The third-order valence-electron chi connectivity index (χ3n) is 6.02. The van der Waals surface area contributed by atoms with E-state index in [1.54, 1.807) is 0 Å². The maximum atomic E-state index is 12.7. The number of morpholine rings is 1. The molecule has 0 aromatic heterocycles. The molecular formula is C20H37N5O2. The molecule has 0 aromatic carbocycles. The first kappa shape index (κ1) is 20.4. The molecule has 0 saturated carbocycles. The molecule has 154 valence electrons. The summed E-state index contributed by atoms with van der Waals surface area (Å²) < 4.78 is 5.37. The molecule has 0 aromatic rings. The van der Waals surface area contributed by atoms with Crippen molar-refractivity contribution in [3.05, 3.63) is 0 Å². The Balaban J connectivity index is 1.50. The second kappa shape index (κ2) is 10.3. The first-order chi connectivity index (χ1) is 13.2. The largest absolute Gasteiger partial charge is 0.378 e. The molecule has 3 heterocycles. The van der Waals surface area contributed by atoms with Crippen LogP contribution in [0.3, 0.4) is 0 Å². The fourth-order valence-corrected chi connectivity index (χ4v) is 4.44. The number of ether oxygens (including phenoxy) is 1. The van der Waals surface area contributed by atoms with Crippen LogP contribution in [0.5, 0.6) is 0 Å². The number of nitrogens with one attached hydrogen (secondary N) is 1. The summed E-state index contributed by atoms with van der Waals surface area (Å²) in [6.07, 6.45) is 4.41. The summed E-state index contributed by atoms with van der Waals surface area (Å²) in [5.41, 5.74) is 0. The van der Waals surface area contributed by atoms with Gasteiger partial charge in [0.15, 0.2) is 5.96 Å². The van der Waals surface area contributed by atoms with E-state index in [1.807, 2.05) is 4.90 Å². The van der Waals surface area contributed by atoms with Crippen molar-refractivity contribution in [1.29, 1.82) is 0 Å². The SMILES string of the molecule is CCNC(=NCC1CCCN(C)C1)N1CCC(C(=O)N2CCOCC2)CC1. The number of guanidine groups is 1. The van der Waals surface area contributed by atoms with Gasteiger partial charge in [-0.05, 0) is 52.1 Å². The van der Waals surface area contributed by atoms with Gasteiger partial charge in [0.2, 0.25) is 5.91 Å². The number of nitrogens with zero attached hydrogens (tertiary/aromatic N) is 4. The predicted octanol–water partition coefficient (Wildman–Crippen LogP) is 0.865. The molecule has 1 atom stereocenters. The van der Waals surface area contributed by atoms with E-state index < -0.39 is 0 Å². The van der Waals surface area contributed by atoms with Gasteiger partial charge in [0, 0.05) is 51.7 Å². The van der Waals surface area contributed by atoms with Crippen molar-refractivity contribution >= 4 is 11.9 Å². The molecule has 3 aliphatic heterocycles. The molecule has 7 nitrogen and oxygen atoms in total. The molecular weight excluding hydrogens is 342 g/mol. The Bertz CT molecular complexity index is 499. The zero-order valence-corrected chi connectivity index (χ0v) is 17.2. The van der Waals surface area contributed by atoms with Crippen LogP contribution in [0, 0.1) is 11.8 Å². The summed E-state index contributed by atoms with van der Waals surface area (Å²) in [6.45, 7) is 11.0. The van der Waals surface area contributed by atoms with Crippen molar-refractivity contribution in [2.24, 2.45) is 16.8 Å². The molecule has 3 saturated heterocycles. The van der Waals surface area contributed by atoms with Gasteiger partial charge in [0.05, 0.1) is 13.2 Å². The van der Waals surface area contributed by atoms with Gasteiger partial charge in [0.25, 0.3) is 0 Å². The number of aliphatic imine (C=N–C) groups is 1. The molecule has 1 unspecified atom stereocenters. The van der Waals surface area contributed by atoms with E-state index in [4.69, 9.17) is 9.73 Å². The number of piperidine rings is 2. The Morgan fingerprint density at radius 2 is 1.81 bits per heavy atom. The van der Waals surface area contributed by atoms with Crippen molar-refractivity contribution in [3.8, 4) is 0 Å². The topological polar surface area (TPSA) is 60.4 Å². The van der Waals surface area contributed by atoms with Gasteiger partial charge in [-0.15, -0.1) is 0 Å². The van der Waals surface area contributed by atoms with E-state index in [0.717, 1.165) is 64.6 Å². The van der Waals surface area contributed by atoms with Crippen molar-refractivity contribution in [3.63, 3.8) is 0 Å². The van der Waals surface area contributed by atoms with Gasteiger partial charge in [-0.2, -0.15) is 0 Å². The highest BCUT2D eigenvalue weighted by atomic mass is 16.5. The first-order valence-electron chi connectivity index (χ1n) is 10.8. The normalized spacial score (nSPS) is 26.3. The van der Waals surface area contributed by atoms with E-state index >= 15 is 0 Å². The Kier molecular flexibility index (Phi) is 7.76. The number of likely N-dealkylation sites (tertiary alicyclic amines) is 2. The molecule has 1 amide bonds. The molecule has 0 radical (unpaired) electrons. The number of amides is 1. The molecule has 3 aliphatic rings. The number of hydrogen-bond acceptors (Lipinski definition) is 4. The monoisotopic (exact) mass is 379 g/mol. The molecule has 0 aliphatic carbocycles. The van der Waals surface area contributed by atoms with Crippen LogP contribution >= 0.6 is 0 Å². The van der Waals surface area contributed by atoms with Gasteiger partial charge in [-0.25, -0.2) is 0 Å². The van der Waals surface area contributed by atoms with Crippen LogP contribution in [0.4, 0.5) is 0 Å². The average Bonchev–Trinajstić information content (AvgIpc) is 2.71. The lowest BCUT2D eigenvalue weighted by molar-refractivity contribution is -0.140. The van der Waals surface area contributed by atoms with Crippen molar-refractivity contribution in [2.75, 3.05) is 72.6 Å². The minimum Gasteiger partial charge on any atom is -0.378 e. The van der Waals surface area contributed by atoms with Gasteiger partial charge in [-0.1, -0.05) is 0 Å². The highest BCUT2D eigenvalue weighted by molar-refractivity contribution is 5.82. The summed E-state index contributed by atoms with van der Waals surface area (Å²) in [5, 5.41) is 3.46. The minimum absolute atomic E-state index is 0.161. The molecule has 1 N–H and O–H groups in total. The van der Waals surface area contributed by atoms with Crippen LogP contribution in [-0.4, -0.2) is 99.2 Å². The summed E-state index contributed by atoms with van der Waals surface area (Å²) in [5.74, 6) is 2.18. The van der Waals surface area contributed by atoms with Crippen molar-refractivity contribution in [2.45, 2.75) is 32.6 Å².